The Labute approximate surface area is 144 Å². The summed E-state index contributed by atoms with van der Waals surface area (Å²) in [5.74, 6) is -0.991. The van der Waals surface area contributed by atoms with Crippen LogP contribution in [0.3, 0.4) is 0 Å². The number of hydrogen-bond donors (Lipinski definition) is 0. The standard InChI is InChI=1S/C18H34O3P2/c1-13(2,3)22(14(4,5)6)23-17(9)11-15(7)19-16(8,21-17)12-18(23,10)20-15/h11-12H2,1-10H3/t15-,16-,17+,18+/m0/s1. The highest BCUT2D eigenvalue weighted by atomic mass is 32.1. The smallest absolute Gasteiger partial charge is 0.173 e. The van der Waals surface area contributed by atoms with Crippen LogP contribution in [0.15, 0.2) is 0 Å². The minimum absolute atomic E-state index is 0.116. The second-order valence-electron chi connectivity index (χ2n) is 10.2. The fourth-order valence-corrected chi connectivity index (χ4v) is 18.9. The molecule has 4 heterocycles. The molecule has 4 rings (SSSR count). The van der Waals surface area contributed by atoms with E-state index in [9.17, 15) is 0 Å². The van der Waals surface area contributed by atoms with E-state index >= 15 is 0 Å². The summed E-state index contributed by atoms with van der Waals surface area (Å²) < 4.78 is 19.5. The monoisotopic (exact) mass is 360 g/mol. The van der Waals surface area contributed by atoms with Gasteiger partial charge in [0.05, 0.1) is 10.7 Å². The molecule has 0 radical (unpaired) electrons. The Bertz CT molecular complexity index is 461. The van der Waals surface area contributed by atoms with E-state index in [1.807, 2.05) is 0 Å². The summed E-state index contributed by atoms with van der Waals surface area (Å²) in [7, 11) is -0.708. The molecule has 4 fully saturated rings. The van der Waals surface area contributed by atoms with Crippen LogP contribution in [0.25, 0.3) is 0 Å². The van der Waals surface area contributed by atoms with E-state index in [1.54, 1.807) is 0 Å². The fraction of sp³-hybridized carbons (Fsp3) is 1.00. The third-order valence-electron chi connectivity index (χ3n) is 4.97. The highest BCUT2D eigenvalue weighted by Gasteiger charge is 2.73. The molecule has 3 nitrogen and oxygen atoms in total. The lowest BCUT2D eigenvalue weighted by molar-refractivity contribution is -0.467. The number of rotatable bonds is 1. The Morgan fingerprint density at radius 3 is 1.35 bits per heavy atom. The van der Waals surface area contributed by atoms with Gasteiger partial charge in [-0.1, -0.05) is 49.2 Å². The number of ether oxygens (including phenoxy) is 3. The Morgan fingerprint density at radius 1 is 0.696 bits per heavy atom. The van der Waals surface area contributed by atoms with Gasteiger partial charge in [-0.15, -0.1) is 0 Å². The molecule has 4 atom stereocenters. The van der Waals surface area contributed by atoms with Crippen molar-refractivity contribution in [3.05, 3.63) is 0 Å². The van der Waals surface area contributed by atoms with Gasteiger partial charge in [-0.25, -0.2) is 0 Å². The second-order valence-corrected chi connectivity index (χ2v) is 18.5. The molecule has 0 amide bonds. The Hall–Kier alpha value is 0.740. The van der Waals surface area contributed by atoms with Gasteiger partial charge in [0.25, 0.3) is 0 Å². The fourth-order valence-electron chi connectivity index (χ4n) is 5.60. The molecule has 4 saturated heterocycles. The zero-order chi connectivity index (χ0) is 17.7. The summed E-state index contributed by atoms with van der Waals surface area (Å²) in [6.45, 7) is 23.3. The predicted molar refractivity (Wildman–Crippen MR) is 99.5 cm³/mol. The van der Waals surface area contributed by atoms with Gasteiger partial charge in [0.15, 0.2) is 11.6 Å². The van der Waals surface area contributed by atoms with Crippen LogP contribution in [-0.2, 0) is 14.2 Å². The van der Waals surface area contributed by atoms with Gasteiger partial charge in [0, 0.05) is 12.8 Å². The zero-order valence-electron chi connectivity index (χ0n) is 16.5. The average molecular weight is 360 g/mol. The highest BCUT2D eigenvalue weighted by molar-refractivity contribution is 8.32. The molecule has 134 valence electrons. The first-order chi connectivity index (χ1) is 10.0. The molecule has 0 unspecified atom stereocenters. The third kappa shape index (κ3) is 2.83. The van der Waals surface area contributed by atoms with Crippen molar-refractivity contribution in [2.24, 2.45) is 0 Å². The van der Waals surface area contributed by atoms with Gasteiger partial charge < -0.3 is 14.2 Å². The maximum absolute atomic E-state index is 6.66. The first-order valence-electron chi connectivity index (χ1n) is 8.73. The SMILES string of the molecule is CC(C)(C)P(P1[C@]2(C)C[C@@]3(C)O[C@](C)(C[C@]1(C)O3)O2)C(C)(C)C. The summed E-state index contributed by atoms with van der Waals surface area (Å²) in [6, 6.07) is 0. The molecule has 4 aliphatic rings. The van der Waals surface area contributed by atoms with Crippen LogP contribution in [-0.4, -0.2) is 32.6 Å². The maximum atomic E-state index is 6.66. The van der Waals surface area contributed by atoms with Crippen LogP contribution in [0.5, 0.6) is 0 Å². The van der Waals surface area contributed by atoms with Crippen LogP contribution in [0.4, 0.5) is 0 Å². The van der Waals surface area contributed by atoms with E-state index in [0.717, 1.165) is 12.8 Å². The van der Waals surface area contributed by atoms with Crippen LogP contribution < -0.4 is 0 Å². The summed E-state index contributed by atoms with van der Waals surface area (Å²) in [5.41, 5.74) is 0. The van der Waals surface area contributed by atoms with E-state index in [2.05, 4.69) is 69.2 Å². The van der Waals surface area contributed by atoms with Crippen molar-refractivity contribution >= 4 is 15.2 Å². The zero-order valence-corrected chi connectivity index (χ0v) is 18.3. The molecule has 0 aliphatic carbocycles. The van der Waals surface area contributed by atoms with Crippen molar-refractivity contribution in [3.8, 4) is 0 Å². The Kier molecular flexibility index (Phi) is 3.80. The van der Waals surface area contributed by atoms with E-state index in [0.29, 0.717) is 0 Å². The van der Waals surface area contributed by atoms with Gasteiger partial charge in [-0.05, 0) is 45.6 Å². The minimum Gasteiger partial charge on any atom is -0.339 e. The first-order valence-corrected chi connectivity index (χ1v) is 12.1. The summed E-state index contributed by atoms with van der Waals surface area (Å²) >= 11 is 0. The molecule has 0 saturated carbocycles. The second kappa shape index (κ2) is 4.72. The van der Waals surface area contributed by atoms with Gasteiger partial charge in [0.1, 0.15) is 0 Å². The van der Waals surface area contributed by atoms with Crippen molar-refractivity contribution in [2.75, 3.05) is 0 Å². The normalized spacial score (nSPS) is 50.0. The van der Waals surface area contributed by atoms with Crippen LogP contribution in [0.1, 0.15) is 82.1 Å². The van der Waals surface area contributed by atoms with Crippen molar-refractivity contribution in [2.45, 2.75) is 115 Å². The topological polar surface area (TPSA) is 27.7 Å². The molecule has 23 heavy (non-hydrogen) atoms. The van der Waals surface area contributed by atoms with Crippen LogP contribution in [0.2, 0.25) is 0 Å². The van der Waals surface area contributed by atoms with Gasteiger partial charge in [-0.3, -0.25) is 0 Å². The molecular formula is C18H34O3P2. The van der Waals surface area contributed by atoms with E-state index in [-0.39, 0.29) is 28.6 Å². The minimum atomic E-state index is -0.496. The lowest BCUT2D eigenvalue weighted by atomic mass is 9.98. The van der Waals surface area contributed by atoms with Crippen molar-refractivity contribution < 1.29 is 14.2 Å². The molecule has 0 N–H and O–H groups in total. The van der Waals surface area contributed by atoms with E-state index < -0.39 is 19.2 Å². The van der Waals surface area contributed by atoms with Crippen molar-refractivity contribution in [3.63, 3.8) is 0 Å². The summed E-state index contributed by atoms with van der Waals surface area (Å²) in [4.78, 5) is 0. The van der Waals surface area contributed by atoms with E-state index in [4.69, 9.17) is 14.2 Å². The van der Waals surface area contributed by atoms with E-state index in [1.165, 1.54) is 0 Å². The summed E-state index contributed by atoms with van der Waals surface area (Å²) in [6.07, 6.45) is 1.70. The maximum Gasteiger partial charge on any atom is 0.173 e. The van der Waals surface area contributed by atoms with Crippen molar-refractivity contribution in [1.82, 2.24) is 0 Å². The van der Waals surface area contributed by atoms with Gasteiger partial charge >= 0.3 is 0 Å². The van der Waals surface area contributed by atoms with Gasteiger partial charge in [-0.2, -0.15) is 0 Å². The highest BCUT2D eigenvalue weighted by Crippen LogP contribution is 2.94. The van der Waals surface area contributed by atoms with Crippen LogP contribution in [0, 0.1) is 0 Å². The largest absolute Gasteiger partial charge is 0.339 e. The van der Waals surface area contributed by atoms with Crippen molar-refractivity contribution in [1.29, 1.82) is 0 Å². The number of hydrogen-bond acceptors (Lipinski definition) is 3. The molecule has 0 aromatic heterocycles. The lowest BCUT2D eigenvalue weighted by Crippen LogP contribution is -2.71. The molecule has 4 bridgehead atoms. The average Bonchev–Trinajstić information content (AvgIpc) is 2.13. The Morgan fingerprint density at radius 2 is 1.04 bits per heavy atom. The Balaban J connectivity index is 2.13. The van der Waals surface area contributed by atoms with Gasteiger partial charge in [0.2, 0.25) is 0 Å². The molecule has 0 spiro atoms. The van der Waals surface area contributed by atoms with Crippen LogP contribution >= 0.6 is 15.2 Å². The molecule has 4 aliphatic heterocycles. The third-order valence-corrected chi connectivity index (χ3v) is 17.5. The quantitative estimate of drug-likeness (QED) is 0.521. The lowest BCUT2D eigenvalue weighted by Gasteiger charge is -2.72. The summed E-state index contributed by atoms with van der Waals surface area (Å²) in [5, 5.41) is 0.315. The molecule has 0 aromatic rings. The molecular weight excluding hydrogens is 326 g/mol. The predicted octanol–water partition coefficient (Wildman–Crippen LogP) is 6.20. The molecule has 5 heteroatoms. The first kappa shape index (κ1) is 18.5. The molecule has 0 aromatic carbocycles.